The van der Waals surface area contributed by atoms with Gasteiger partial charge in [-0.25, -0.2) is 0 Å². The zero-order chi connectivity index (χ0) is 14.2. The zero-order valence-corrected chi connectivity index (χ0v) is 12.5. The minimum Gasteiger partial charge on any atom is -0.310 e. The molecule has 1 heterocycles. The number of nitriles is 1. The van der Waals surface area contributed by atoms with Crippen molar-refractivity contribution in [3.8, 4) is 6.07 Å². The minimum atomic E-state index is 0.477. The first-order valence-corrected chi connectivity index (χ1v) is 7.81. The Balaban J connectivity index is 1.64. The second-order valence-electron chi connectivity index (χ2n) is 7.36. The van der Waals surface area contributed by atoms with Crippen molar-refractivity contribution >= 4 is 0 Å². The van der Waals surface area contributed by atoms with E-state index in [1.54, 1.807) is 0 Å². The van der Waals surface area contributed by atoms with Gasteiger partial charge in [0.2, 0.25) is 0 Å². The first-order valence-electron chi connectivity index (χ1n) is 7.81. The highest BCUT2D eigenvalue weighted by atomic mass is 14.9. The Hall–Kier alpha value is -1.33. The molecule has 20 heavy (non-hydrogen) atoms. The number of hydrogen-bond donors (Lipinski definition) is 1. The SMILES string of the molecule is CC1(C)CC(C2CCNC(c3ccc(C#N)cc3)C2)C1. The molecule has 2 unspecified atom stereocenters. The molecule has 0 amide bonds. The van der Waals surface area contributed by atoms with E-state index in [0.29, 0.717) is 11.5 Å². The Morgan fingerprint density at radius 1 is 1.15 bits per heavy atom. The molecule has 0 radical (unpaired) electrons. The van der Waals surface area contributed by atoms with Gasteiger partial charge in [0.25, 0.3) is 0 Å². The smallest absolute Gasteiger partial charge is 0.0991 e. The van der Waals surface area contributed by atoms with Gasteiger partial charge in [0, 0.05) is 6.04 Å². The van der Waals surface area contributed by atoms with E-state index in [9.17, 15) is 0 Å². The highest BCUT2D eigenvalue weighted by molar-refractivity contribution is 5.33. The standard InChI is InChI=1S/C18H24N2/c1-18(2)10-16(11-18)15-7-8-20-17(9-15)14-5-3-13(12-19)4-6-14/h3-6,15-17,20H,7-11H2,1-2H3. The molecule has 106 valence electrons. The van der Waals surface area contributed by atoms with Crippen molar-refractivity contribution in [3.63, 3.8) is 0 Å². The van der Waals surface area contributed by atoms with Crippen LogP contribution in [-0.4, -0.2) is 6.54 Å². The van der Waals surface area contributed by atoms with Gasteiger partial charge in [-0.15, -0.1) is 0 Å². The number of nitrogens with zero attached hydrogens (tertiary/aromatic N) is 1. The molecule has 3 rings (SSSR count). The quantitative estimate of drug-likeness (QED) is 0.879. The minimum absolute atomic E-state index is 0.477. The highest BCUT2D eigenvalue weighted by Crippen LogP contribution is 2.51. The van der Waals surface area contributed by atoms with Gasteiger partial charge in [0.15, 0.2) is 0 Å². The maximum atomic E-state index is 8.88. The number of nitrogens with one attached hydrogen (secondary N) is 1. The first kappa shape index (κ1) is 13.6. The van der Waals surface area contributed by atoms with Crippen molar-refractivity contribution in [2.45, 2.75) is 45.6 Å². The van der Waals surface area contributed by atoms with Crippen molar-refractivity contribution < 1.29 is 0 Å². The molecular formula is C18H24N2. The molecule has 2 aliphatic rings. The van der Waals surface area contributed by atoms with Gasteiger partial charge >= 0.3 is 0 Å². The summed E-state index contributed by atoms with van der Waals surface area (Å²) in [5.74, 6) is 1.82. The second kappa shape index (κ2) is 5.22. The van der Waals surface area contributed by atoms with Crippen LogP contribution in [0.2, 0.25) is 0 Å². The maximum Gasteiger partial charge on any atom is 0.0991 e. The van der Waals surface area contributed by atoms with Gasteiger partial charge < -0.3 is 5.32 Å². The number of benzene rings is 1. The summed E-state index contributed by atoms with van der Waals surface area (Å²) in [6.07, 6.45) is 5.38. The topological polar surface area (TPSA) is 35.8 Å². The zero-order valence-electron chi connectivity index (χ0n) is 12.5. The lowest BCUT2D eigenvalue weighted by atomic mass is 9.58. The maximum absolute atomic E-state index is 8.88. The van der Waals surface area contributed by atoms with E-state index in [1.807, 2.05) is 12.1 Å². The lowest BCUT2D eigenvalue weighted by Gasteiger charge is -2.49. The summed E-state index contributed by atoms with van der Waals surface area (Å²) >= 11 is 0. The van der Waals surface area contributed by atoms with Crippen molar-refractivity contribution in [2.24, 2.45) is 17.3 Å². The molecule has 2 atom stereocenters. The second-order valence-corrected chi connectivity index (χ2v) is 7.36. The summed E-state index contributed by atoms with van der Waals surface area (Å²) in [5.41, 5.74) is 2.67. The summed E-state index contributed by atoms with van der Waals surface area (Å²) in [6, 6.07) is 10.8. The van der Waals surface area contributed by atoms with Crippen LogP contribution in [0.3, 0.4) is 0 Å². The third-order valence-electron chi connectivity index (χ3n) is 5.18. The van der Waals surface area contributed by atoms with E-state index < -0.39 is 0 Å². The van der Waals surface area contributed by atoms with E-state index in [4.69, 9.17) is 5.26 Å². The van der Waals surface area contributed by atoms with Gasteiger partial charge in [-0.2, -0.15) is 5.26 Å². The molecule has 1 saturated heterocycles. The number of rotatable bonds is 2. The van der Waals surface area contributed by atoms with Crippen LogP contribution in [0.25, 0.3) is 0 Å². The lowest BCUT2D eigenvalue weighted by molar-refractivity contribution is 0.0298. The summed E-state index contributed by atoms with van der Waals surface area (Å²) in [5, 5.41) is 12.5. The monoisotopic (exact) mass is 268 g/mol. The highest BCUT2D eigenvalue weighted by Gasteiger charge is 2.41. The molecule has 1 aliphatic heterocycles. The summed E-state index contributed by atoms with van der Waals surface area (Å²) < 4.78 is 0. The van der Waals surface area contributed by atoms with Crippen LogP contribution in [0.4, 0.5) is 0 Å². The van der Waals surface area contributed by atoms with Crippen LogP contribution < -0.4 is 5.32 Å². The van der Waals surface area contributed by atoms with E-state index in [2.05, 4.69) is 37.4 Å². The largest absolute Gasteiger partial charge is 0.310 e. The molecule has 1 aromatic carbocycles. The molecular weight excluding hydrogens is 244 g/mol. The van der Waals surface area contributed by atoms with Crippen LogP contribution in [0.5, 0.6) is 0 Å². The van der Waals surface area contributed by atoms with Crippen LogP contribution in [0.1, 0.15) is 56.7 Å². The first-order chi connectivity index (χ1) is 9.57. The van der Waals surface area contributed by atoms with Crippen LogP contribution in [0.15, 0.2) is 24.3 Å². The number of hydrogen-bond acceptors (Lipinski definition) is 2. The fourth-order valence-electron chi connectivity index (χ4n) is 4.11. The van der Waals surface area contributed by atoms with Gasteiger partial charge in [-0.3, -0.25) is 0 Å². The Kier molecular flexibility index (Phi) is 3.56. The average molecular weight is 268 g/mol. The molecule has 2 fully saturated rings. The van der Waals surface area contributed by atoms with Crippen LogP contribution in [0, 0.1) is 28.6 Å². The Morgan fingerprint density at radius 2 is 1.85 bits per heavy atom. The predicted octanol–water partition coefficient (Wildman–Crippen LogP) is 4.04. The van der Waals surface area contributed by atoms with Gasteiger partial charge in [0.1, 0.15) is 0 Å². The normalized spacial score (nSPS) is 29.4. The van der Waals surface area contributed by atoms with Crippen molar-refractivity contribution in [2.75, 3.05) is 6.54 Å². The number of piperidine rings is 1. The molecule has 0 bridgehead atoms. The molecule has 0 aromatic heterocycles. The fraction of sp³-hybridized carbons (Fsp3) is 0.611. The third-order valence-corrected chi connectivity index (χ3v) is 5.18. The molecule has 0 spiro atoms. The summed E-state index contributed by atoms with van der Waals surface area (Å²) in [6.45, 7) is 5.91. The fourth-order valence-corrected chi connectivity index (χ4v) is 4.11. The third kappa shape index (κ3) is 2.74. The van der Waals surface area contributed by atoms with Crippen LogP contribution in [-0.2, 0) is 0 Å². The van der Waals surface area contributed by atoms with Crippen molar-refractivity contribution in [1.82, 2.24) is 5.32 Å². The predicted molar refractivity (Wildman–Crippen MR) is 81.1 cm³/mol. The summed E-state index contributed by atoms with van der Waals surface area (Å²) in [4.78, 5) is 0. The molecule has 1 saturated carbocycles. The Bertz CT molecular complexity index is 501. The van der Waals surface area contributed by atoms with Crippen molar-refractivity contribution in [3.05, 3.63) is 35.4 Å². The molecule has 1 aliphatic carbocycles. The van der Waals surface area contributed by atoms with E-state index in [-0.39, 0.29) is 0 Å². The Labute approximate surface area is 122 Å². The molecule has 1 N–H and O–H groups in total. The van der Waals surface area contributed by atoms with Gasteiger partial charge in [-0.05, 0) is 67.2 Å². The van der Waals surface area contributed by atoms with Gasteiger partial charge in [0.05, 0.1) is 11.6 Å². The van der Waals surface area contributed by atoms with Gasteiger partial charge in [-0.1, -0.05) is 26.0 Å². The van der Waals surface area contributed by atoms with E-state index >= 15 is 0 Å². The lowest BCUT2D eigenvalue weighted by Crippen LogP contribution is -2.42. The van der Waals surface area contributed by atoms with E-state index in [0.717, 1.165) is 23.9 Å². The Morgan fingerprint density at radius 3 is 2.45 bits per heavy atom. The molecule has 2 nitrogen and oxygen atoms in total. The molecule has 1 aromatic rings. The average Bonchev–Trinajstić information content (AvgIpc) is 2.45. The van der Waals surface area contributed by atoms with E-state index in [1.165, 1.54) is 31.2 Å². The summed E-state index contributed by atoms with van der Waals surface area (Å²) in [7, 11) is 0. The molecule has 2 heteroatoms. The van der Waals surface area contributed by atoms with Crippen LogP contribution >= 0.6 is 0 Å². The van der Waals surface area contributed by atoms with Crippen molar-refractivity contribution in [1.29, 1.82) is 5.26 Å².